The number of nitrogens with zero attached hydrogens (tertiary/aromatic N) is 1. The molecule has 2 aromatic rings. The molecule has 0 bridgehead atoms. The average Bonchev–Trinajstić information content (AvgIpc) is 2.50. The van der Waals surface area contributed by atoms with Gasteiger partial charge in [0.2, 0.25) is 0 Å². The Hall–Kier alpha value is -1.98. The second-order valence-electron chi connectivity index (χ2n) is 4.44. The van der Waals surface area contributed by atoms with E-state index in [-0.39, 0.29) is 17.6 Å². The van der Waals surface area contributed by atoms with Gasteiger partial charge in [0.05, 0.1) is 7.11 Å². The summed E-state index contributed by atoms with van der Waals surface area (Å²) >= 11 is 0. The maximum Gasteiger partial charge on any atom is 0.169 e. The molecule has 0 aliphatic heterocycles. The Morgan fingerprint density at radius 2 is 2.15 bits per heavy atom. The Bertz CT molecular complexity index is 548. The summed E-state index contributed by atoms with van der Waals surface area (Å²) in [4.78, 5) is 4.25. The van der Waals surface area contributed by atoms with Crippen LogP contribution in [-0.2, 0) is 6.42 Å². The molecule has 0 amide bonds. The SMILES string of the molecule is COc1cccc(C(CCc2ccccn2)NN)c1F. The van der Waals surface area contributed by atoms with E-state index in [0.29, 0.717) is 18.4 Å². The lowest BCUT2D eigenvalue weighted by molar-refractivity contribution is 0.378. The van der Waals surface area contributed by atoms with Crippen molar-refractivity contribution in [1.82, 2.24) is 10.4 Å². The lowest BCUT2D eigenvalue weighted by atomic mass is 10.0. The molecule has 0 aliphatic rings. The molecule has 0 saturated heterocycles. The summed E-state index contributed by atoms with van der Waals surface area (Å²) < 4.78 is 19.2. The van der Waals surface area contributed by atoms with E-state index in [1.165, 1.54) is 7.11 Å². The summed E-state index contributed by atoms with van der Waals surface area (Å²) in [5, 5.41) is 0. The molecule has 1 aromatic heterocycles. The fourth-order valence-corrected chi connectivity index (χ4v) is 2.12. The Morgan fingerprint density at radius 3 is 2.80 bits per heavy atom. The smallest absolute Gasteiger partial charge is 0.169 e. The molecule has 1 atom stereocenters. The summed E-state index contributed by atoms with van der Waals surface area (Å²) in [7, 11) is 1.45. The van der Waals surface area contributed by atoms with Crippen molar-refractivity contribution < 1.29 is 9.13 Å². The Labute approximate surface area is 117 Å². The fourth-order valence-electron chi connectivity index (χ4n) is 2.12. The number of hydrogen-bond donors (Lipinski definition) is 2. The third kappa shape index (κ3) is 3.31. The first-order valence-electron chi connectivity index (χ1n) is 6.44. The first-order chi connectivity index (χ1) is 9.76. The van der Waals surface area contributed by atoms with Gasteiger partial charge in [-0.2, -0.15) is 0 Å². The van der Waals surface area contributed by atoms with Crippen LogP contribution in [0, 0.1) is 5.82 Å². The lowest BCUT2D eigenvalue weighted by Gasteiger charge is -2.18. The van der Waals surface area contributed by atoms with Crippen LogP contribution in [0.25, 0.3) is 0 Å². The van der Waals surface area contributed by atoms with Crippen LogP contribution in [0.15, 0.2) is 42.6 Å². The molecule has 0 saturated carbocycles. The van der Waals surface area contributed by atoms with Gasteiger partial charge in [-0.15, -0.1) is 0 Å². The van der Waals surface area contributed by atoms with Gasteiger partial charge in [0.25, 0.3) is 0 Å². The van der Waals surface area contributed by atoms with Gasteiger partial charge in [-0.3, -0.25) is 16.3 Å². The molecule has 0 aliphatic carbocycles. The number of aromatic nitrogens is 1. The number of nitrogens with two attached hydrogens (primary N) is 1. The zero-order chi connectivity index (χ0) is 14.4. The van der Waals surface area contributed by atoms with Crippen molar-refractivity contribution in [2.45, 2.75) is 18.9 Å². The van der Waals surface area contributed by atoms with Crippen LogP contribution < -0.4 is 16.0 Å². The molecule has 1 unspecified atom stereocenters. The largest absolute Gasteiger partial charge is 0.494 e. The maximum absolute atomic E-state index is 14.2. The van der Waals surface area contributed by atoms with Crippen LogP contribution >= 0.6 is 0 Å². The average molecular weight is 275 g/mol. The number of benzene rings is 1. The molecular formula is C15H18FN3O. The fraction of sp³-hybridized carbons (Fsp3) is 0.267. The highest BCUT2D eigenvalue weighted by Crippen LogP contribution is 2.27. The third-order valence-electron chi connectivity index (χ3n) is 3.20. The number of halogens is 1. The minimum atomic E-state index is -0.376. The molecule has 106 valence electrons. The predicted octanol–water partition coefficient (Wildman–Crippen LogP) is 2.37. The minimum absolute atomic E-state index is 0.223. The van der Waals surface area contributed by atoms with Crippen LogP contribution in [0.2, 0.25) is 0 Å². The molecule has 1 aromatic carbocycles. The summed E-state index contributed by atoms with van der Waals surface area (Å²) in [6, 6.07) is 10.5. The molecular weight excluding hydrogens is 257 g/mol. The van der Waals surface area contributed by atoms with Gasteiger partial charge in [0.1, 0.15) is 0 Å². The molecule has 3 N–H and O–H groups in total. The number of aryl methyl sites for hydroxylation is 1. The summed E-state index contributed by atoms with van der Waals surface area (Å²) in [5.41, 5.74) is 4.11. The van der Waals surface area contributed by atoms with Gasteiger partial charge in [-0.1, -0.05) is 18.2 Å². The zero-order valence-electron chi connectivity index (χ0n) is 11.3. The Balaban J connectivity index is 2.12. The van der Waals surface area contributed by atoms with Crippen molar-refractivity contribution in [2.24, 2.45) is 5.84 Å². The summed E-state index contributed by atoms with van der Waals surface area (Å²) in [5.74, 6) is 5.40. The Morgan fingerprint density at radius 1 is 1.30 bits per heavy atom. The maximum atomic E-state index is 14.2. The van der Waals surface area contributed by atoms with Gasteiger partial charge in [0.15, 0.2) is 11.6 Å². The molecule has 0 radical (unpaired) electrons. The molecule has 1 heterocycles. The minimum Gasteiger partial charge on any atom is -0.494 e. The standard InChI is InChI=1S/C15H18FN3O/c1-20-14-7-4-6-12(15(14)16)13(19-17)9-8-11-5-2-3-10-18-11/h2-7,10,13,19H,8-9,17H2,1H3. The van der Waals surface area contributed by atoms with Crippen LogP contribution in [0.4, 0.5) is 4.39 Å². The quantitative estimate of drug-likeness (QED) is 0.627. The van der Waals surface area contributed by atoms with E-state index in [1.807, 2.05) is 18.2 Å². The van der Waals surface area contributed by atoms with E-state index in [1.54, 1.807) is 24.4 Å². The second kappa shape index (κ2) is 6.98. The monoisotopic (exact) mass is 275 g/mol. The van der Waals surface area contributed by atoms with Gasteiger partial charge >= 0.3 is 0 Å². The first kappa shape index (κ1) is 14.4. The van der Waals surface area contributed by atoms with Crippen molar-refractivity contribution in [3.8, 4) is 5.75 Å². The van der Waals surface area contributed by atoms with Crippen LogP contribution in [0.5, 0.6) is 5.75 Å². The van der Waals surface area contributed by atoms with Crippen molar-refractivity contribution >= 4 is 0 Å². The third-order valence-corrected chi connectivity index (χ3v) is 3.20. The highest BCUT2D eigenvalue weighted by Gasteiger charge is 2.17. The van der Waals surface area contributed by atoms with E-state index >= 15 is 0 Å². The predicted molar refractivity (Wildman–Crippen MR) is 75.6 cm³/mol. The van der Waals surface area contributed by atoms with E-state index in [2.05, 4.69) is 10.4 Å². The topological polar surface area (TPSA) is 60.2 Å². The van der Waals surface area contributed by atoms with Gasteiger partial charge in [-0.25, -0.2) is 4.39 Å². The van der Waals surface area contributed by atoms with Gasteiger partial charge in [0, 0.05) is 23.5 Å². The molecule has 4 nitrogen and oxygen atoms in total. The highest BCUT2D eigenvalue weighted by molar-refractivity contribution is 5.33. The zero-order valence-corrected chi connectivity index (χ0v) is 11.3. The van der Waals surface area contributed by atoms with Crippen molar-refractivity contribution in [2.75, 3.05) is 7.11 Å². The van der Waals surface area contributed by atoms with Crippen molar-refractivity contribution in [3.63, 3.8) is 0 Å². The molecule has 0 fully saturated rings. The van der Waals surface area contributed by atoms with Crippen LogP contribution in [-0.4, -0.2) is 12.1 Å². The van der Waals surface area contributed by atoms with E-state index < -0.39 is 0 Å². The number of hydrazine groups is 1. The van der Waals surface area contributed by atoms with E-state index in [4.69, 9.17) is 10.6 Å². The summed E-state index contributed by atoms with van der Waals surface area (Å²) in [6.45, 7) is 0. The number of hydrogen-bond acceptors (Lipinski definition) is 4. The lowest BCUT2D eigenvalue weighted by Crippen LogP contribution is -2.29. The van der Waals surface area contributed by atoms with Gasteiger partial charge < -0.3 is 4.74 Å². The van der Waals surface area contributed by atoms with Crippen molar-refractivity contribution in [3.05, 3.63) is 59.7 Å². The summed E-state index contributed by atoms with van der Waals surface area (Å²) in [6.07, 6.45) is 3.11. The Kier molecular flexibility index (Phi) is 5.03. The highest BCUT2D eigenvalue weighted by atomic mass is 19.1. The van der Waals surface area contributed by atoms with Crippen LogP contribution in [0.1, 0.15) is 23.7 Å². The van der Waals surface area contributed by atoms with Crippen molar-refractivity contribution in [1.29, 1.82) is 0 Å². The normalized spacial score (nSPS) is 12.2. The number of nitrogens with one attached hydrogen (secondary N) is 1. The first-order valence-corrected chi connectivity index (χ1v) is 6.44. The molecule has 2 rings (SSSR count). The van der Waals surface area contributed by atoms with E-state index in [0.717, 1.165) is 5.69 Å². The van der Waals surface area contributed by atoms with E-state index in [9.17, 15) is 4.39 Å². The van der Waals surface area contributed by atoms with Gasteiger partial charge in [-0.05, 0) is 31.0 Å². The molecule has 0 spiro atoms. The second-order valence-corrected chi connectivity index (χ2v) is 4.44. The number of rotatable bonds is 6. The van der Waals surface area contributed by atoms with Crippen LogP contribution in [0.3, 0.4) is 0 Å². The number of pyridine rings is 1. The molecule has 5 heteroatoms. The number of ether oxygens (including phenoxy) is 1. The number of methoxy groups -OCH3 is 1. The molecule has 20 heavy (non-hydrogen) atoms.